The molecule has 2 aromatic heterocycles. The summed E-state index contributed by atoms with van der Waals surface area (Å²) in [4.78, 5) is 26.3. The van der Waals surface area contributed by atoms with Crippen molar-refractivity contribution >= 4 is 5.91 Å². The molecule has 9 heteroatoms. The minimum Gasteiger partial charge on any atom is -0.336 e. The summed E-state index contributed by atoms with van der Waals surface area (Å²) in [5.41, 5.74) is 1.03. The number of aryl methyl sites for hydroxylation is 1. The van der Waals surface area contributed by atoms with Gasteiger partial charge in [-0.25, -0.2) is 4.98 Å². The highest BCUT2D eigenvalue weighted by Gasteiger charge is 2.27. The van der Waals surface area contributed by atoms with E-state index in [1.165, 1.54) is 0 Å². The monoisotopic (exact) mass is 409 g/mol. The highest BCUT2D eigenvalue weighted by Crippen LogP contribution is 2.27. The van der Waals surface area contributed by atoms with E-state index in [1.54, 1.807) is 0 Å². The number of H-pyrrole nitrogens is 1. The molecular formula is C21H27N7O2. The second kappa shape index (κ2) is 7.98. The van der Waals surface area contributed by atoms with Crippen LogP contribution in [0.25, 0.3) is 11.5 Å². The second-order valence-corrected chi connectivity index (χ2v) is 8.62. The van der Waals surface area contributed by atoms with E-state index in [-0.39, 0.29) is 11.3 Å². The van der Waals surface area contributed by atoms with E-state index in [1.807, 2.05) is 56.9 Å². The highest BCUT2D eigenvalue weighted by molar-refractivity contribution is 6.00. The number of nitrogens with zero attached hydrogens (tertiary/aromatic N) is 6. The summed E-state index contributed by atoms with van der Waals surface area (Å²) in [5, 5.41) is 11.2. The van der Waals surface area contributed by atoms with E-state index in [0.29, 0.717) is 42.5 Å². The van der Waals surface area contributed by atoms with Gasteiger partial charge in [0.05, 0.1) is 17.7 Å². The van der Waals surface area contributed by atoms with Gasteiger partial charge in [-0.1, -0.05) is 38.1 Å². The molecule has 0 radical (unpaired) electrons. The number of nitrogens with one attached hydrogen (secondary N) is 1. The second-order valence-electron chi connectivity index (χ2n) is 8.62. The fraction of sp³-hybridized carbons (Fsp3) is 0.476. The molecule has 0 bridgehead atoms. The third kappa shape index (κ3) is 4.25. The molecule has 1 amide bonds. The Bertz CT molecular complexity index is 1030. The van der Waals surface area contributed by atoms with Crippen molar-refractivity contribution in [1.82, 2.24) is 35.1 Å². The summed E-state index contributed by atoms with van der Waals surface area (Å²) >= 11 is 0. The van der Waals surface area contributed by atoms with Crippen LogP contribution in [0.3, 0.4) is 0 Å². The molecule has 0 saturated carbocycles. The zero-order chi connectivity index (χ0) is 21.3. The van der Waals surface area contributed by atoms with Crippen LogP contribution in [0, 0.1) is 6.92 Å². The maximum Gasteiger partial charge on any atom is 0.258 e. The Hall–Kier alpha value is -3.07. The van der Waals surface area contributed by atoms with E-state index in [0.717, 1.165) is 24.7 Å². The summed E-state index contributed by atoms with van der Waals surface area (Å²) in [6, 6.07) is 7.42. The molecule has 0 spiro atoms. The van der Waals surface area contributed by atoms with Crippen LogP contribution in [-0.4, -0.2) is 67.2 Å². The molecule has 0 atom stereocenters. The van der Waals surface area contributed by atoms with Gasteiger partial charge in [0.15, 0.2) is 11.6 Å². The predicted molar refractivity (Wildman–Crippen MR) is 111 cm³/mol. The predicted octanol–water partition coefficient (Wildman–Crippen LogP) is 2.42. The Morgan fingerprint density at radius 2 is 1.87 bits per heavy atom. The van der Waals surface area contributed by atoms with Gasteiger partial charge < -0.3 is 9.42 Å². The number of hydrogen-bond donors (Lipinski definition) is 1. The molecule has 1 aromatic carbocycles. The van der Waals surface area contributed by atoms with Crippen LogP contribution in [0.1, 0.15) is 48.6 Å². The number of amides is 1. The molecule has 0 aliphatic carbocycles. The fourth-order valence-corrected chi connectivity index (χ4v) is 3.43. The molecular weight excluding hydrogens is 382 g/mol. The van der Waals surface area contributed by atoms with Gasteiger partial charge in [0.2, 0.25) is 0 Å². The van der Waals surface area contributed by atoms with Gasteiger partial charge in [0.25, 0.3) is 11.8 Å². The maximum absolute atomic E-state index is 13.3. The molecule has 0 unspecified atom stereocenters. The summed E-state index contributed by atoms with van der Waals surface area (Å²) in [5.74, 6) is 2.57. The first-order chi connectivity index (χ1) is 14.3. The number of aromatic nitrogens is 5. The number of aromatic amines is 1. The molecule has 1 saturated heterocycles. The van der Waals surface area contributed by atoms with Gasteiger partial charge in [-0.15, -0.1) is 0 Å². The molecule has 9 nitrogen and oxygen atoms in total. The fourth-order valence-electron chi connectivity index (χ4n) is 3.43. The lowest BCUT2D eigenvalue weighted by Gasteiger charge is -2.34. The summed E-state index contributed by atoms with van der Waals surface area (Å²) in [6.07, 6.45) is 0. The molecule has 158 valence electrons. The van der Waals surface area contributed by atoms with Crippen LogP contribution in [0.15, 0.2) is 28.8 Å². The first-order valence-corrected chi connectivity index (χ1v) is 10.1. The van der Waals surface area contributed by atoms with Crippen molar-refractivity contribution < 1.29 is 9.32 Å². The minimum absolute atomic E-state index is 0.0190. The smallest absolute Gasteiger partial charge is 0.258 e. The van der Waals surface area contributed by atoms with E-state index < -0.39 is 0 Å². The third-order valence-electron chi connectivity index (χ3n) is 5.15. The Labute approximate surface area is 175 Å². The average Bonchev–Trinajstić information content (AvgIpc) is 3.37. The van der Waals surface area contributed by atoms with Crippen LogP contribution >= 0.6 is 0 Å². The first kappa shape index (κ1) is 20.2. The molecule has 4 rings (SSSR count). The molecule has 1 aliphatic heterocycles. The van der Waals surface area contributed by atoms with Gasteiger partial charge in [-0.05, 0) is 19.1 Å². The van der Waals surface area contributed by atoms with Crippen molar-refractivity contribution in [3.63, 3.8) is 0 Å². The van der Waals surface area contributed by atoms with Crippen molar-refractivity contribution in [2.45, 2.75) is 39.7 Å². The number of carbonyl (C=O) groups is 1. The Morgan fingerprint density at radius 1 is 1.13 bits per heavy atom. The van der Waals surface area contributed by atoms with E-state index in [4.69, 9.17) is 4.52 Å². The standard InChI is InChI=1S/C21H27N7O2/c1-14-22-17(25-24-14)13-27-9-11-28(12-10-27)19(29)16-8-6-5-7-15(16)18-23-20(26-30-18)21(2,3)4/h5-8H,9-13H2,1-4H3,(H,22,24,25). The van der Waals surface area contributed by atoms with Crippen LogP contribution in [0.2, 0.25) is 0 Å². The number of hydrogen-bond acceptors (Lipinski definition) is 7. The molecule has 1 aliphatic rings. The van der Waals surface area contributed by atoms with Crippen molar-refractivity contribution in [1.29, 1.82) is 0 Å². The van der Waals surface area contributed by atoms with E-state index >= 15 is 0 Å². The Morgan fingerprint density at radius 3 is 2.50 bits per heavy atom. The third-order valence-corrected chi connectivity index (χ3v) is 5.15. The maximum atomic E-state index is 13.3. The Balaban J connectivity index is 1.46. The van der Waals surface area contributed by atoms with E-state index in [2.05, 4.69) is 30.2 Å². The number of rotatable bonds is 4. The van der Waals surface area contributed by atoms with Gasteiger partial charge in [-0.2, -0.15) is 10.1 Å². The molecule has 3 aromatic rings. The number of benzene rings is 1. The topological polar surface area (TPSA) is 104 Å². The number of piperazine rings is 1. The van der Waals surface area contributed by atoms with Crippen molar-refractivity contribution in [3.05, 3.63) is 47.3 Å². The SMILES string of the molecule is Cc1nc(CN2CCN(C(=O)c3ccccc3-c3nc(C(C)(C)C)no3)CC2)n[nH]1. The molecule has 1 fully saturated rings. The van der Waals surface area contributed by atoms with Gasteiger partial charge in [-0.3, -0.25) is 14.8 Å². The zero-order valence-electron chi connectivity index (χ0n) is 17.8. The van der Waals surface area contributed by atoms with Gasteiger partial charge in [0.1, 0.15) is 5.82 Å². The van der Waals surface area contributed by atoms with Crippen LogP contribution in [-0.2, 0) is 12.0 Å². The van der Waals surface area contributed by atoms with Crippen LogP contribution in [0.4, 0.5) is 0 Å². The van der Waals surface area contributed by atoms with Crippen molar-refractivity contribution in [2.24, 2.45) is 0 Å². The lowest BCUT2D eigenvalue weighted by Crippen LogP contribution is -2.48. The van der Waals surface area contributed by atoms with Gasteiger partial charge >= 0.3 is 0 Å². The normalized spacial score (nSPS) is 15.5. The van der Waals surface area contributed by atoms with Crippen molar-refractivity contribution in [2.75, 3.05) is 26.2 Å². The summed E-state index contributed by atoms with van der Waals surface area (Å²) in [7, 11) is 0. The van der Waals surface area contributed by atoms with Crippen molar-refractivity contribution in [3.8, 4) is 11.5 Å². The summed E-state index contributed by atoms with van der Waals surface area (Å²) < 4.78 is 5.48. The largest absolute Gasteiger partial charge is 0.336 e. The Kier molecular flexibility index (Phi) is 5.38. The summed E-state index contributed by atoms with van der Waals surface area (Å²) in [6.45, 7) is 11.5. The quantitative estimate of drug-likeness (QED) is 0.706. The van der Waals surface area contributed by atoms with Crippen LogP contribution < -0.4 is 0 Å². The zero-order valence-corrected chi connectivity index (χ0v) is 17.8. The molecule has 30 heavy (non-hydrogen) atoms. The van der Waals surface area contributed by atoms with Gasteiger partial charge in [0, 0.05) is 31.6 Å². The average molecular weight is 409 g/mol. The lowest BCUT2D eigenvalue weighted by molar-refractivity contribution is 0.0626. The van der Waals surface area contributed by atoms with Crippen LogP contribution in [0.5, 0.6) is 0 Å². The highest BCUT2D eigenvalue weighted by atomic mass is 16.5. The minimum atomic E-state index is -0.223. The molecule has 1 N–H and O–H groups in total. The molecule has 3 heterocycles. The first-order valence-electron chi connectivity index (χ1n) is 10.1. The lowest BCUT2D eigenvalue weighted by atomic mass is 9.96. The van der Waals surface area contributed by atoms with E-state index in [9.17, 15) is 4.79 Å². The number of carbonyl (C=O) groups excluding carboxylic acids is 1.